The molecular weight excluding hydrogens is 166 g/mol. The van der Waals surface area contributed by atoms with Crippen LogP contribution in [0.5, 0.6) is 5.75 Å². The first-order valence-electron chi connectivity index (χ1n) is 4.11. The molecule has 3 heteroatoms. The number of para-hydroxylation sites is 1. The van der Waals surface area contributed by atoms with Crippen LogP contribution in [0.15, 0.2) is 24.3 Å². The number of benzene rings is 1. The zero-order valence-corrected chi connectivity index (χ0v) is 7.23. The summed E-state index contributed by atoms with van der Waals surface area (Å²) in [6.07, 6.45) is 0.583. The summed E-state index contributed by atoms with van der Waals surface area (Å²) in [7, 11) is 0. The minimum absolute atomic E-state index is 0.106. The van der Waals surface area contributed by atoms with Crippen molar-refractivity contribution in [2.45, 2.75) is 6.42 Å². The Kier molecular flexibility index (Phi) is 3.80. The predicted octanol–water partition coefficient (Wildman–Crippen LogP) is 1.32. The van der Waals surface area contributed by atoms with E-state index in [0.29, 0.717) is 24.3 Å². The van der Waals surface area contributed by atoms with Crippen molar-refractivity contribution in [3.63, 3.8) is 0 Å². The van der Waals surface area contributed by atoms with Gasteiger partial charge in [-0.05, 0) is 12.1 Å². The largest absolute Gasteiger partial charge is 0.492 e. The minimum Gasteiger partial charge on any atom is -0.492 e. The van der Waals surface area contributed by atoms with E-state index in [1.54, 1.807) is 18.2 Å². The summed E-state index contributed by atoms with van der Waals surface area (Å²) >= 11 is 0. The van der Waals surface area contributed by atoms with Crippen LogP contribution in [-0.4, -0.2) is 18.3 Å². The third kappa shape index (κ3) is 2.77. The molecule has 1 aromatic carbocycles. The molecule has 3 nitrogen and oxygen atoms in total. The van der Waals surface area contributed by atoms with Crippen molar-refractivity contribution in [3.05, 3.63) is 29.8 Å². The Balaban J connectivity index is 2.60. The highest BCUT2D eigenvalue weighted by molar-refractivity contribution is 5.42. The number of rotatable bonds is 4. The quantitative estimate of drug-likeness (QED) is 0.705. The molecule has 0 unspecified atom stereocenters. The lowest BCUT2D eigenvalue weighted by molar-refractivity contribution is 0.233. The molecule has 0 aliphatic carbocycles. The third-order valence-electron chi connectivity index (χ3n) is 1.57. The minimum atomic E-state index is 0.106. The molecule has 0 aromatic heterocycles. The second-order valence-corrected chi connectivity index (χ2v) is 2.53. The van der Waals surface area contributed by atoms with E-state index in [4.69, 9.17) is 15.1 Å². The molecule has 0 aliphatic heterocycles. The maximum Gasteiger partial charge on any atom is 0.137 e. The monoisotopic (exact) mass is 177 g/mol. The van der Waals surface area contributed by atoms with Gasteiger partial charge in [-0.2, -0.15) is 5.26 Å². The molecule has 0 saturated carbocycles. The lowest BCUT2D eigenvalue weighted by Gasteiger charge is -2.05. The van der Waals surface area contributed by atoms with Crippen LogP contribution in [0.3, 0.4) is 0 Å². The maximum absolute atomic E-state index is 8.70. The van der Waals surface area contributed by atoms with Crippen LogP contribution in [0.1, 0.15) is 12.0 Å². The lowest BCUT2D eigenvalue weighted by atomic mass is 10.2. The molecule has 0 radical (unpaired) electrons. The Hall–Kier alpha value is -1.53. The average Bonchev–Trinajstić information content (AvgIpc) is 2.19. The van der Waals surface area contributed by atoms with Gasteiger partial charge in [0.15, 0.2) is 0 Å². The zero-order chi connectivity index (χ0) is 9.52. The summed E-state index contributed by atoms with van der Waals surface area (Å²) in [4.78, 5) is 0. The van der Waals surface area contributed by atoms with E-state index in [1.165, 1.54) is 0 Å². The van der Waals surface area contributed by atoms with Crippen LogP contribution < -0.4 is 4.74 Å². The molecule has 1 aromatic rings. The van der Waals surface area contributed by atoms with Crippen LogP contribution in [0.4, 0.5) is 0 Å². The van der Waals surface area contributed by atoms with Gasteiger partial charge in [0.05, 0.1) is 12.2 Å². The summed E-state index contributed by atoms with van der Waals surface area (Å²) in [5.41, 5.74) is 0.528. The van der Waals surface area contributed by atoms with Gasteiger partial charge in [0.25, 0.3) is 0 Å². The van der Waals surface area contributed by atoms with Gasteiger partial charge in [-0.25, -0.2) is 0 Å². The van der Waals surface area contributed by atoms with E-state index in [9.17, 15) is 0 Å². The zero-order valence-electron chi connectivity index (χ0n) is 7.23. The second kappa shape index (κ2) is 5.18. The molecule has 0 bridgehead atoms. The smallest absolute Gasteiger partial charge is 0.137 e. The van der Waals surface area contributed by atoms with E-state index in [1.807, 2.05) is 12.1 Å². The number of hydrogen-bond acceptors (Lipinski definition) is 3. The molecule has 0 fully saturated rings. The average molecular weight is 177 g/mol. The van der Waals surface area contributed by atoms with E-state index >= 15 is 0 Å². The molecule has 68 valence electrons. The SMILES string of the molecule is N#Cc1ccccc1OCCCO. The fourth-order valence-corrected chi connectivity index (χ4v) is 0.932. The molecule has 13 heavy (non-hydrogen) atoms. The van der Waals surface area contributed by atoms with Gasteiger partial charge in [-0.15, -0.1) is 0 Å². The highest BCUT2D eigenvalue weighted by atomic mass is 16.5. The van der Waals surface area contributed by atoms with Crippen molar-refractivity contribution < 1.29 is 9.84 Å². The number of hydrogen-bond donors (Lipinski definition) is 1. The van der Waals surface area contributed by atoms with Gasteiger partial charge < -0.3 is 9.84 Å². The van der Waals surface area contributed by atoms with Crippen molar-refractivity contribution in [2.24, 2.45) is 0 Å². The first-order chi connectivity index (χ1) is 6.38. The van der Waals surface area contributed by atoms with Gasteiger partial charge in [0, 0.05) is 13.0 Å². The summed E-state index contributed by atoms with van der Waals surface area (Å²) in [6.45, 7) is 0.546. The third-order valence-corrected chi connectivity index (χ3v) is 1.57. The van der Waals surface area contributed by atoms with Crippen molar-refractivity contribution in [2.75, 3.05) is 13.2 Å². The fourth-order valence-electron chi connectivity index (χ4n) is 0.932. The predicted molar refractivity (Wildman–Crippen MR) is 48.4 cm³/mol. The van der Waals surface area contributed by atoms with Crippen LogP contribution in [-0.2, 0) is 0 Å². The van der Waals surface area contributed by atoms with Crippen LogP contribution in [0.2, 0.25) is 0 Å². The number of nitriles is 1. The van der Waals surface area contributed by atoms with Gasteiger partial charge in [0.2, 0.25) is 0 Å². The van der Waals surface area contributed by atoms with E-state index in [-0.39, 0.29) is 6.61 Å². The molecular formula is C10H11NO2. The van der Waals surface area contributed by atoms with Crippen molar-refractivity contribution in [1.82, 2.24) is 0 Å². The van der Waals surface area contributed by atoms with E-state index in [2.05, 4.69) is 0 Å². The Morgan fingerprint density at radius 1 is 1.38 bits per heavy atom. The van der Waals surface area contributed by atoms with Gasteiger partial charge in [0.1, 0.15) is 11.8 Å². The number of aliphatic hydroxyl groups is 1. The highest BCUT2D eigenvalue weighted by Crippen LogP contribution is 2.16. The molecule has 1 N–H and O–H groups in total. The van der Waals surface area contributed by atoms with E-state index < -0.39 is 0 Å². The van der Waals surface area contributed by atoms with E-state index in [0.717, 1.165) is 0 Å². The number of ether oxygens (including phenoxy) is 1. The fraction of sp³-hybridized carbons (Fsp3) is 0.300. The van der Waals surface area contributed by atoms with Crippen molar-refractivity contribution in [1.29, 1.82) is 5.26 Å². The Morgan fingerprint density at radius 3 is 2.85 bits per heavy atom. The van der Waals surface area contributed by atoms with Gasteiger partial charge in [-0.1, -0.05) is 12.1 Å². The molecule has 0 saturated heterocycles. The highest BCUT2D eigenvalue weighted by Gasteiger charge is 1.99. The first kappa shape index (κ1) is 9.56. The maximum atomic E-state index is 8.70. The summed E-state index contributed by atoms with van der Waals surface area (Å²) in [5.74, 6) is 0.582. The van der Waals surface area contributed by atoms with Gasteiger partial charge in [-0.3, -0.25) is 0 Å². The standard InChI is InChI=1S/C10H11NO2/c11-8-9-4-1-2-5-10(9)13-7-3-6-12/h1-2,4-5,12H,3,6-7H2. The Labute approximate surface area is 77.2 Å². The first-order valence-corrected chi connectivity index (χ1v) is 4.11. The molecule has 0 amide bonds. The molecule has 1 rings (SSSR count). The molecule has 0 heterocycles. The molecule has 0 atom stereocenters. The lowest BCUT2D eigenvalue weighted by Crippen LogP contribution is -2.00. The van der Waals surface area contributed by atoms with Crippen LogP contribution >= 0.6 is 0 Å². The topological polar surface area (TPSA) is 53.2 Å². The number of aliphatic hydroxyl groups excluding tert-OH is 1. The van der Waals surface area contributed by atoms with Gasteiger partial charge >= 0.3 is 0 Å². The molecule has 0 spiro atoms. The molecule has 0 aliphatic rings. The van der Waals surface area contributed by atoms with Crippen molar-refractivity contribution >= 4 is 0 Å². The Bertz CT molecular complexity index is 304. The normalized spacial score (nSPS) is 9.23. The second-order valence-electron chi connectivity index (χ2n) is 2.53. The summed E-state index contributed by atoms with van der Waals surface area (Å²) in [5, 5.41) is 17.2. The van der Waals surface area contributed by atoms with Crippen molar-refractivity contribution in [3.8, 4) is 11.8 Å². The summed E-state index contributed by atoms with van der Waals surface area (Å²) in [6, 6.07) is 9.09. The van der Waals surface area contributed by atoms with Crippen LogP contribution in [0.25, 0.3) is 0 Å². The summed E-state index contributed by atoms with van der Waals surface area (Å²) < 4.78 is 5.29. The van der Waals surface area contributed by atoms with Crippen LogP contribution in [0, 0.1) is 11.3 Å². The Morgan fingerprint density at radius 2 is 2.15 bits per heavy atom. The number of nitrogens with zero attached hydrogens (tertiary/aromatic N) is 1.